The fraction of sp³-hybridized carbons (Fsp3) is 0.636. The molecule has 0 aliphatic carbocycles. The molecule has 0 aliphatic rings. The Labute approximate surface area is 214 Å². The number of carbonyl (C=O) groups is 5. The number of carbonyl (C=O) groups excluding carboxylic acids is 5. The van der Waals surface area contributed by atoms with Crippen molar-refractivity contribution < 1.29 is 52.8 Å². The Morgan fingerprint density at radius 2 is 1.24 bits per heavy atom. The number of aromatic nitrogens is 2. The van der Waals surface area contributed by atoms with E-state index in [1.54, 1.807) is 41.5 Å². The third kappa shape index (κ3) is 20.1. The standard InChI is InChI=1S/C13H19N3O6.C9H17NO5/c1-13(2,3)22-11(18)15-8-10(17)20-6-7-21-12(19)16-5-4-14-9-16;1-9(2,3)15-8(13)10-6-7(12)14-5-4-11/h4-5,9H,6-8H2,1-3H3,(H,15,18);11H,4-6H2,1-3H3,(H,10,13). The van der Waals surface area contributed by atoms with E-state index in [2.05, 4.69) is 20.4 Å². The predicted molar refractivity (Wildman–Crippen MR) is 126 cm³/mol. The van der Waals surface area contributed by atoms with Crippen LogP contribution in [0.4, 0.5) is 14.4 Å². The minimum absolute atomic E-state index is 0.0746. The van der Waals surface area contributed by atoms with Crippen molar-refractivity contribution in [3.05, 3.63) is 18.7 Å². The van der Waals surface area contributed by atoms with Gasteiger partial charge in [0.2, 0.25) is 0 Å². The molecular formula is C22H36N4O11. The first kappa shape index (κ1) is 33.1. The quantitative estimate of drug-likeness (QED) is 0.232. The SMILES string of the molecule is CC(C)(C)OC(=O)NCC(=O)OCCO.CC(C)(C)OC(=O)NCC(=O)OCCOC(=O)n1ccnc1. The predicted octanol–water partition coefficient (Wildman–Crippen LogP) is 0.982. The average molecular weight is 533 g/mol. The van der Waals surface area contributed by atoms with Crippen LogP contribution in [-0.2, 0) is 33.3 Å². The Bertz CT molecular complexity index is 859. The van der Waals surface area contributed by atoms with Gasteiger partial charge in [0.1, 0.15) is 50.4 Å². The van der Waals surface area contributed by atoms with Crippen molar-refractivity contribution in [3.63, 3.8) is 0 Å². The van der Waals surface area contributed by atoms with Gasteiger partial charge in [-0.25, -0.2) is 23.9 Å². The van der Waals surface area contributed by atoms with Gasteiger partial charge >= 0.3 is 30.2 Å². The number of hydrogen-bond acceptors (Lipinski definition) is 12. The van der Waals surface area contributed by atoms with E-state index < -0.39 is 41.4 Å². The summed E-state index contributed by atoms with van der Waals surface area (Å²) in [5, 5.41) is 12.8. The smallest absolute Gasteiger partial charge is 0.419 e. The second-order valence-electron chi connectivity index (χ2n) is 8.96. The fourth-order valence-corrected chi connectivity index (χ4v) is 1.90. The van der Waals surface area contributed by atoms with Gasteiger partial charge in [-0.05, 0) is 41.5 Å². The number of hydrogen-bond donors (Lipinski definition) is 3. The van der Waals surface area contributed by atoms with Gasteiger partial charge in [-0.15, -0.1) is 0 Å². The van der Waals surface area contributed by atoms with E-state index in [0.717, 1.165) is 4.57 Å². The van der Waals surface area contributed by atoms with E-state index in [1.165, 1.54) is 18.7 Å². The Hall–Kier alpha value is -3.88. The first-order valence-electron chi connectivity index (χ1n) is 11.1. The second-order valence-corrected chi connectivity index (χ2v) is 8.96. The summed E-state index contributed by atoms with van der Waals surface area (Å²) in [4.78, 5) is 59.6. The lowest BCUT2D eigenvalue weighted by Crippen LogP contribution is -2.36. The van der Waals surface area contributed by atoms with Gasteiger partial charge in [0.05, 0.1) is 6.61 Å². The van der Waals surface area contributed by atoms with Crippen LogP contribution in [0.3, 0.4) is 0 Å². The summed E-state index contributed by atoms with van der Waals surface area (Å²) in [5.74, 6) is -1.28. The number of esters is 2. The third-order valence-electron chi connectivity index (χ3n) is 3.19. The highest BCUT2D eigenvalue weighted by atomic mass is 16.6. The van der Waals surface area contributed by atoms with Crippen molar-refractivity contribution >= 4 is 30.2 Å². The maximum atomic E-state index is 11.4. The van der Waals surface area contributed by atoms with Gasteiger partial charge in [0, 0.05) is 12.4 Å². The number of alkyl carbamates (subject to hydrolysis) is 2. The van der Waals surface area contributed by atoms with E-state index >= 15 is 0 Å². The molecule has 0 saturated carbocycles. The molecule has 0 spiro atoms. The number of amides is 2. The molecule has 0 aromatic carbocycles. The molecular weight excluding hydrogens is 496 g/mol. The summed E-state index contributed by atoms with van der Waals surface area (Å²) in [5.41, 5.74) is -1.24. The molecule has 1 aromatic heterocycles. The molecule has 1 aromatic rings. The highest BCUT2D eigenvalue weighted by Gasteiger charge is 2.17. The highest BCUT2D eigenvalue weighted by molar-refractivity contribution is 5.78. The molecule has 0 saturated heterocycles. The van der Waals surface area contributed by atoms with Crippen LogP contribution in [0, 0.1) is 0 Å². The molecule has 1 heterocycles. The fourth-order valence-electron chi connectivity index (χ4n) is 1.90. The Morgan fingerprint density at radius 1 is 0.784 bits per heavy atom. The van der Waals surface area contributed by atoms with Crippen molar-refractivity contribution in [3.8, 4) is 0 Å². The first-order chi connectivity index (χ1) is 17.1. The molecule has 0 bridgehead atoms. The highest BCUT2D eigenvalue weighted by Crippen LogP contribution is 2.06. The number of nitrogens with one attached hydrogen (secondary N) is 2. The van der Waals surface area contributed by atoms with Gasteiger partial charge in [-0.1, -0.05) is 0 Å². The van der Waals surface area contributed by atoms with Crippen LogP contribution in [-0.4, -0.2) is 95.6 Å². The van der Waals surface area contributed by atoms with Gasteiger partial charge in [0.15, 0.2) is 0 Å². The summed E-state index contributed by atoms with van der Waals surface area (Å²) in [6, 6.07) is 0. The number of ether oxygens (including phenoxy) is 5. The maximum absolute atomic E-state index is 11.4. The summed E-state index contributed by atoms with van der Waals surface area (Å²) in [6.07, 6.45) is 2.14. The zero-order valence-electron chi connectivity index (χ0n) is 21.9. The lowest BCUT2D eigenvalue weighted by molar-refractivity contribution is -0.144. The molecule has 0 aliphatic heterocycles. The van der Waals surface area contributed by atoms with Crippen LogP contribution in [0.15, 0.2) is 18.7 Å². The Kier molecular flexibility index (Phi) is 15.0. The van der Waals surface area contributed by atoms with Crippen molar-refractivity contribution in [2.75, 3.05) is 39.5 Å². The monoisotopic (exact) mass is 532 g/mol. The van der Waals surface area contributed by atoms with Crippen molar-refractivity contribution in [1.82, 2.24) is 20.2 Å². The van der Waals surface area contributed by atoms with E-state index in [4.69, 9.17) is 24.1 Å². The summed E-state index contributed by atoms with van der Waals surface area (Å²) in [6.45, 7) is 9.15. The van der Waals surface area contributed by atoms with Gasteiger partial charge < -0.3 is 39.4 Å². The zero-order chi connectivity index (χ0) is 28.5. The van der Waals surface area contributed by atoms with E-state index in [1.807, 2.05) is 0 Å². The summed E-state index contributed by atoms with van der Waals surface area (Å²) in [7, 11) is 0. The van der Waals surface area contributed by atoms with Gasteiger partial charge in [-0.2, -0.15) is 0 Å². The zero-order valence-corrected chi connectivity index (χ0v) is 21.9. The van der Waals surface area contributed by atoms with Crippen LogP contribution < -0.4 is 10.6 Å². The number of nitrogens with zero attached hydrogens (tertiary/aromatic N) is 2. The van der Waals surface area contributed by atoms with Gasteiger partial charge in [-0.3, -0.25) is 9.59 Å². The molecule has 0 unspecified atom stereocenters. The maximum Gasteiger partial charge on any atom is 0.419 e. The van der Waals surface area contributed by atoms with Crippen LogP contribution in [0.2, 0.25) is 0 Å². The average Bonchev–Trinajstić information content (AvgIpc) is 3.31. The van der Waals surface area contributed by atoms with E-state index in [9.17, 15) is 24.0 Å². The molecule has 37 heavy (non-hydrogen) atoms. The largest absolute Gasteiger partial charge is 0.462 e. The molecule has 15 heteroatoms. The minimum Gasteiger partial charge on any atom is -0.462 e. The minimum atomic E-state index is -0.712. The molecule has 3 N–H and O–H groups in total. The molecule has 1 rings (SSSR count). The summed E-state index contributed by atoms with van der Waals surface area (Å²) >= 11 is 0. The summed E-state index contributed by atoms with van der Waals surface area (Å²) < 4.78 is 25.1. The van der Waals surface area contributed by atoms with E-state index in [-0.39, 0.29) is 39.5 Å². The molecule has 0 atom stereocenters. The van der Waals surface area contributed by atoms with Crippen LogP contribution >= 0.6 is 0 Å². The van der Waals surface area contributed by atoms with Crippen molar-refractivity contribution in [2.45, 2.75) is 52.7 Å². The lowest BCUT2D eigenvalue weighted by Gasteiger charge is -2.19. The number of aliphatic hydroxyl groups is 1. The van der Waals surface area contributed by atoms with E-state index in [0.29, 0.717) is 0 Å². The second kappa shape index (κ2) is 16.7. The molecule has 210 valence electrons. The number of rotatable bonds is 9. The van der Waals surface area contributed by atoms with Crippen molar-refractivity contribution in [1.29, 1.82) is 0 Å². The van der Waals surface area contributed by atoms with Crippen LogP contribution in [0.1, 0.15) is 41.5 Å². The Balaban J connectivity index is 0.000000757. The molecule has 15 nitrogen and oxygen atoms in total. The first-order valence-corrected chi connectivity index (χ1v) is 11.1. The molecule has 0 radical (unpaired) electrons. The van der Waals surface area contributed by atoms with Crippen LogP contribution in [0.5, 0.6) is 0 Å². The lowest BCUT2D eigenvalue weighted by atomic mass is 10.2. The van der Waals surface area contributed by atoms with Gasteiger partial charge in [0.25, 0.3) is 0 Å². The number of aliphatic hydroxyl groups excluding tert-OH is 1. The molecule has 0 fully saturated rings. The Morgan fingerprint density at radius 3 is 1.65 bits per heavy atom. The molecule has 2 amide bonds. The number of imidazole rings is 1. The normalized spacial score (nSPS) is 10.7. The van der Waals surface area contributed by atoms with Crippen molar-refractivity contribution in [2.24, 2.45) is 0 Å². The van der Waals surface area contributed by atoms with Crippen LogP contribution in [0.25, 0.3) is 0 Å². The third-order valence-corrected chi connectivity index (χ3v) is 3.19. The topological polar surface area (TPSA) is 194 Å².